The predicted molar refractivity (Wildman–Crippen MR) is 251 cm³/mol. The van der Waals surface area contributed by atoms with Crippen molar-refractivity contribution in [3.05, 3.63) is 216 Å². The number of aromatic nitrogens is 5. The molecule has 0 radical (unpaired) electrons. The Morgan fingerprint density at radius 3 is 1.71 bits per heavy atom. The molecule has 12 rings (SSSR count). The van der Waals surface area contributed by atoms with Gasteiger partial charge in [0, 0.05) is 38.5 Å². The number of rotatable bonds is 7. The van der Waals surface area contributed by atoms with Crippen molar-refractivity contribution in [1.29, 1.82) is 0 Å². The number of hydrogen-bond donors (Lipinski definition) is 1. The normalized spacial score (nSPS) is 14.7. The van der Waals surface area contributed by atoms with Crippen LogP contribution in [-0.4, -0.2) is 35.8 Å². The highest BCUT2D eigenvalue weighted by molar-refractivity contribution is 6.13. The van der Waals surface area contributed by atoms with Gasteiger partial charge in [0.15, 0.2) is 5.84 Å². The van der Waals surface area contributed by atoms with Gasteiger partial charge >= 0.3 is 0 Å². The molecule has 0 saturated heterocycles. The van der Waals surface area contributed by atoms with Crippen molar-refractivity contribution in [3.8, 4) is 34.4 Å². The van der Waals surface area contributed by atoms with Crippen LogP contribution in [-0.2, 0) is 6.42 Å². The van der Waals surface area contributed by atoms with Crippen LogP contribution >= 0.6 is 0 Å². The highest BCUT2D eigenvalue weighted by atomic mass is 15.2. The summed E-state index contributed by atoms with van der Waals surface area (Å²) >= 11 is 0. The minimum atomic E-state index is -0.362. The van der Waals surface area contributed by atoms with E-state index in [9.17, 15) is 0 Å². The van der Waals surface area contributed by atoms with Crippen molar-refractivity contribution in [2.75, 3.05) is 0 Å². The lowest BCUT2D eigenvalue weighted by atomic mass is 10.0. The van der Waals surface area contributed by atoms with Gasteiger partial charge < -0.3 is 5.32 Å². The van der Waals surface area contributed by atoms with Crippen molar-refractivity contribution in [2.24, 2.45) is 9.98 Å². The van der Waals surface area contributed by atoms with Crippen molar-refractivity contribution < 1.29 is 0 Å². The maximum atomic E-state index is 5.38. The molecule has 1 N–H and O–H groups in total. The minimum absolute atomic E-state index is 0.362. The van der Waals surface area contributed by atoms with Crippen molar-refractivity contribution in [2.45, 2.75) is 19.0 Å². The predicted octanol–water partition coefficient (Wildman–Crippen LogP) is 11.7. The molecule has 5 aromatic heterocycles. The van der Waals surface area contributed by atoms with Gasteiger partial charge in [0.1, 0.15) is 23.6 Å². The molecule has 2 aliphatic rings. The zero-order valence-corrected chi connectivity index (χ0v) is 33.6. The van der Waals surface area contributed by atoms with Crippen molar-refractivity contribution >= 4 is 50.5 Å². The average molecular weight is 799 g/mol. The van der Waals surface area contributed by atoms with Gasteiger partial charge in [-0.25, -0.2) is 24.9 Å². The summed E-state index contributed by atoms with van der Waals surface area (Å²) in [6, 6.07) is 62.6. The summed E-state index contributed by atoms with van der Waals surface area (Å²) in [5.74, 6) is 3.00. The lowest BCUT2D eigenvalue weighted by Gasteiger charge is -2.24. The van der Waals surface area contributed by atoms with E-state index in [-0.39, 0.29) is 6.17 Å². The molecule has 1 atom stereocenters. The van der Waals surface area contributed by atoms with E-state index >= 15 is 0 Å². The molecule has 1 aliphatic carbocycles. The molecule has 0 saturated carbocycles. The second-order valence-corrected chi connectivity index (χ2v) is 15.6. The SMILES string of the molecule is C1=Cc2c(n(-c3cccc(-c4cc(C5=NC(c6ccccc6)=NC(c6ccccc6)N5)cc(-c5cccc(-n6c7ccccc7c7ccccc76)n5)n4)n3)c3ccccc23)CC1. The Balaban J connectivity index is 1.05. The number of amidine groups is 2. The number of nitrogens with one attached hydrogen (secondary N) is 1. The Morgan fingerprint density at radius 2 is 1.05 bits per heavy atom. The fraction of sp³-hybridized carbons (Fsp3) is 0.0556. The maximum Gasteiger partial charge on any atom is 0.159 e. The first-order valence-corrected chi connectivity index (χ1v) is 21.0. The molecule has 10 aromatic rings. The van der Waals surface area contributed by atoms with Crippen LogP contribution < -0.4 is 5.32 Å². The third kappa shape index (κ3) is 6.11. The molecule has 0 bridgehead atoms. The van der Waals surface area contributed by atoms with Crippen molar-refractivity contribution in [3.63, 3.8) is 0 Å². The first-order chi connectivity index (χ1) is 30.7. The van der Waals surface area contributed by atoms with Crippen LogP contribution in [0.15, 0.2) is 198 Å². The van der Waals surface area contributed by atoms with E-state index in [1.54, 1.807) is 0 Å². The number of allylic oxidation sites excluding steroid dienone is 1. The number of para-hydroxylation sites is 3. The second kappa shape index (κ2) is 14.8. The zero-order valence-electron chi connectivity index (χ0n) is 33.6. The lowest BCUT2D eigenvalue weighted by Crippen LogP contribution is -2.33. The second-order valence-electron chi connectivity index (χ2n) is 15.6. The number of aliphatic imine (C=N–C) groups is 2. The van der Waals surface area contributed by atoms with Gasteiger partial charge in [0.05, 0.1) is 39.3 Å². The molecule has 0 fully saturated rings. The summed E-state index contributed by atoms with van der Waals surface area (Å²) in [5, 5.41) is 7.28. The van der Waals surface area contributed by atoms with E-state index in [4.69, 9.17) is 24.9 Å². The molecule has 5 aromatic carbocycles. The Hall–Kier alpha value is -8.23. The summed E-state index contributed by atoms with van der Waals surface area (Å²) in [6.07, 6.45) is 6.09. The zero-order chi connectivity index (χ0) is 41.0. The van der Waals surface area contributed by atoms with E-state index in [0.717, 1.165) is 69.1 Å². The fourth-order valence-corrected chi connectivity index (χ4v) is 9.03. The number of fused-ring (bicyclic) bond motifs is 6. The maximum absolute atomic E-state index is 5.38. The highest BCUT2D eigenvalue weighted by Gasteiger charge is 2.24. The highest BCUT2D eigenvalue weighted by Crippen LogP contribution is 2.35. The van der Waals surface area contributed by atoms with E-state index < -0.39 is 0 Å². The number of benzene rings is 5. The van der Waals surface area contributed by atoms with Gasteiger partial charge in [-0.3, -0.25) is 9.13 Å². The minimum Gasteiger partial charge on any atom is -0.344 e. The number of pyridine rings is 3. The third-order valence-corrected chi connectivity index (χ3v) is 11.9. The smallest absolute Gasteiger partial charge is 0.159 e. The first kappa shape index (κ1) is 35.7. The number of nitrogens with zero attached hydrogens (tertiary/aromatic N) is 7. The Morgan fingerprint density at radius 1 is 0.484 bits per heavy atom. The lowest BCUT2D eigenvalue weighted by molar-refractivity contribution is 0.674. The summed E-state index contributed by atoms with van der Waals surface area (Å²) in [5.41, 5.74) is 11.6. The molecule has 0 spiro atoms. The van der Waals surface area contributed by atoms with Crippen LogP contribution in [0.25, 0.3) is 73.2 Å². The van der Waals surface area contributed by atoms with Gasteiger partial charge in [-0.1, -0.05) is 140 Å². The van der Waals surface area contributed by atoms with E-state index in [0.29, 0.717) is 23.1 Å². The molecular formula is C54H38N8. The van der Waals surface area contributed by atoms with Crippen LogP contribution in [0.2, 0.25) is 0 Å². The van der Waals surface area contributed by atoms with Crippen LogP contribution in [0.1, 0.15) is 40.5 Å². The molecular weight excluding hydrogens is 761 g/mol. The molecule has 0 amide bonds. The third-order valence-electron chi connectivity index (χ3n) is 11.9. The molecule has 6 heterocycles. The van der Waals surface area contributed by atoms with E-state index in [1.807, 2.05) is 48.5 Å². The average Bonchev–Trinajstić information content (AvgIpc) is 3.87. The van der Waals surface area contributed by atoms with Gasteiger partial charge in [0.25, 0.3) is 0 Å². The number of hydrogen-bond acceptors (Lipinski definition) is 6. The first-order valence-electron chi connectivity index (χ1n) is 21.0. The molecule has 1 aliphatic heterocycles. The monoisotopic (exact) mass is 798 g/mol. The van der Waals surface area contributed by atoms with Crippen LogP contribution in [0.5, 0.6) is 0 Å². The Labute approximate surface area is 358 Å². The molecule has 1 unspecified atom stereocenters. The van der Waals surface area contributed by atoms with E-state index in [2.05, 4.69) is 160 Å². The Bertz CT molecular complexity index is 3400. The standard InChI is InChI=1S/C54H38N8/c1-3-17-35(18-4-1)52-58-53(36-19-5-2-6-20-36)60-54(59-52)37-33-44(42-25-15-31-50(56-42)61-46-27-11-7-21-38(46)39-22-8-12-28-47(39)61)55-45(34-37)43-26-16-32-51(57-43)62-48-29-13-9-23-40(48)41-24-10-14-30-49(41)62/h1-13,15-29,31-34,52H,14,30H2,(H,58,59,60). The Kier molecular flexibility index (Phi) is 8.52. The van der Waals surface area contributed by atoms with E-state index in [1.165, 1.54) is 27.4 Å². The largest absolute Gasteiger partial charge is 0.344 e. The molecule has 62 heavy (non-hydrogen) atoms. The van der Waals surface area contributed by atoms with Crippen LogP contribution in [0.3, 0.4) is 0 Å². The molecule has 8 heteroatoms. The summed E-state index contributed by atoms with van der Waals surface area (Å²) < 4.78 is 4.56. The van der Waals surface area contributed by atoms with Crippen LogP contribution in [0, 0.1) is 0 Å². The van der Waals surface area contributed by atoms with Gasteiger partial charge in [-0.05, 0) is 73.0 Å². The van der Waals surface area contributed by atoms with Gasteiger partial charge in [-0.15, -0.1) is 0 Å². The molecule has 8 nitrogen and oxygen atoms in total. The quantitative estimate of drug-likeness (QED) is 0.174. The van der Waals surface area contributed by atoms with Crippen molar-refractivity contribution in [1.82, 2.24) is 29.4 Å². The summed E-state index contributed by atoms with van der Waals surface area (Å²) in [4.78, 5) is 26.4. The summed E-state index contributed by atoms with van der Waals surface area (Å²) in [7, 11) is 0. The van der Waals surface area contributed by atoms with Gasteiger partial charge in [-0.2, -0.15) is 0 Å². The van der Waals surface area contributed by atoms with Gasteiger partial charge in [0.2, 0.25) is 0 Å². The molecule has 294 valence electrons. The topological polar surface area (TPSA) is 85.3 Å². The van der Waals surface area contributed by atoms with Crippen LogP contribution in [0.4, 0.5) is 0 Å². The fourth-order valence-electron chi connectivity index (χ4n) is 9.03. The summed E-state index contributed by atoms with van der Waals surface area (Å²) in [6.45, 7) is 0.